The van der Waals surface area contributed by atoms with E-state index >= 15 is 0 Å². The molecule has 1 heterocycles. The normalized spacial score (nSPS) is 14.1. The molecule has 0 saturated heterocycles. The zero-order valence-electron chi connectivity index (χ0n) is 8.86. The van der Waals surface area contributed by atoms with Gasteiger partial charge in [0.25, 0.3) is 0 Å². The van der Waals surface area contributed by atoms with Crippen LogP contribution in [0.4, 0.5) is 5.69 Å². The lowest BCUT2D eigenvalue weighted by atomic mass is 10.1. The van der Waals surface area contributed by atoms with Crippen LogP contribution in [0.5, 0.6) is 0 Å². The standard InChI is InChI=1S/C12H14N2S/c1-14(7-6-13)11-4-5-12-10(9-11)3-2-8-15-12/h4-5,9H,2-3,7-8H2,1H3. The van der Waals surface area contributed by atoms with E-state index in [0.29, 0.717) is 6.54 Å². The first-order valence-electron chi connectivity index (χ1n) is 5.15. The molecule has 2 rings (SSSR count). The average Bonchev–Trinajstić information content (AvgIpc) is 2.29. The molecule has 0 spiro atoms. The highest BCUT2D eigenvalue weighted by molar-refractivity contribution is 7.99. The van der Waals surface area contributed by atoms with Crippen LogP contribution in [0, 0.1) is 11.3 Å². The van der Waals surface area contributed by atoms with Crippen LogP contribution in [0.25, 0.3) is 0 Å². The van der Waals surface area contributed by atoms with Crippen molar-refractivity contribution in [1.29, 1.82) is 5.26 Å². The molecule has 0 fully saturated rings. The molecule has 3 heteroatoms. The number of hydrogen-bond donors (Lipinski definition) is 0. The van der Waals surface area contributed by atoms with Crippen LogP contribution in [0.1, 0.15) is 12.0 Å². The third kappa shape index (κ3) is 2.27. The zero-order chi connectivity index (χ0) is 10.7. The Morgan fingerprint density at radius 2 is 2.40 bits per heavy atom. The fraction of sp³-hybridized carbons (Fsp3) is 0.417. The molecular formula is C12H14N2S. The molecule has 0 unspecified atom stereocenters. The maximum Gasteiger partial charge on any atom is 0.105 e. The van der Waals surface area contributed by atoms with Gasteiger partial charge in [0.2, 0.25) is 0 Å². The molecule has 1 aliphatic heterocycles. The molecule has 0 saturated carbocycles. The third-order valence-corrected chi connectivity index (χ3v) is 3.84. The summed E-state index contributed by atoms with van der Waals surface area (Å²) in [6.45, 7) is 0.450. The number of nitrogens with zero attached hydrogens (tertiary/aromatic N) is 2. The first kappa shape index (κ1) is 10.4. The molecule has 78 valence electrons. The lowest BCUT2D eigenvalue weighted by molar-refractivity contribution is 0.886. The molecule has 0 bridgehead atoms. The summed E-state index contributed by atoms with van der Waals surface area (Å²) in [6.07, 6.45) is 2.44. The summed E-state index contributed by atoms with van der Waals surface area (Å²) in [4.78, 5) is 3.40. The number of thioether (sulfide) groups is 1. The van der Waals surface area contributed by atoms with E-state index in [0.717, 1.165) is 5.69 Å². The Balaban J connectivity index is 2.24. The van der Waals surface area contributed by atoms with E-state index < -0.39 is 0 Å². The second-order valence-corrected chi connectivity index (χ2v) is 4.89. The fourth-order valence-corrected chi connectivity index (χ4v) is 2.80. The van der Waals surface area contributed by atoms with E-state index in [1.54, 1.807) is 0 Å². The van der Waals surface area contributed by atoms with Gasteiger partial charge in [-0.2, -0.15) is 5.26 Å². The van der Waals surface area contributed by atoms with Gasteiger partial charge in [-0.25, -0.2) is 0 Å². The number of hydrogen-bond acceptors (Lipinski definition) is 3. The largest absolute Gasteiger partial charge is 0.361 e. The summed E-state index contributed by atoms with van der Waals surface area (Å²) in [6, 6.07) is 8.68. The highest BCUT2D eigenvalue weighted by atomic mass is 32.2. The Bertz CT molecular complexity index is 395. The van der Waals surface area contributed by atoms with Crippen LogP contribution >= 0.6 is 11.8 Å². The number of fused-ring (bicyclic) bond motifs is 1. The quantitative estimate of drug-likeness (QED) is 0.714. The molecule has 2 nitrogen and oxygen atoms in total. The second-order valence-electron chi connectivity index (χ2n) is 3.76. The minimum absolute atomic E-state index is 0.450. The lowest BCUT2D eigenvalue weighted by Gasteiger charge is -2.20. The molecule has 0 atom stereocenters. The topological polar surface area (TPSA) is 27.0 Å². The smallest absolute Gasteiger partial charge is 0.105 e. The Morgan fingerprint density at radius 3 is 3.20 bits per heavy atom. The highest BCUT2D eigenvalue weighted by Crippen LogP contribution is 2.32. The van der Waals surface area contributed by atoms with Gasteiger partial charge in [0, 0.05) is 17.6 Å². The van der Waals surface area contributed by atoms with Crippen LogP contribution in [0.3, 0.4) is 0 Å². The van der Waals surface area contributed by atoms with Gasteiger partial charge in [0.05, 0.1) is 6.07 Å². The molecule has 1 aromatic carbocycles. The summed E-state index contributed by atoms with van der Waals surface area (Å²) in [5, 5.41) is 8.64. The van der Waals surface area contributed by atoms with E-state index in [-0.39, 0.29) is 0 Å². The Hall–Kier alpha value is -1.14. The fourth-order valence-electron chi connectivity index (χ4n) is 1.78. The van der Waals surface area contributed by atoms with Gasteiger partial charge in [-0.3, -0.25) is 0 Å². The summed E-state index contributed by atoms with van der Waals surface area (Å²) < 4.78 is 0. The van der Waals surface area contributed by atoms with Gasteiger partial charge in [0.15, 0.2) is 0 Å². The van der Waals surface area contributed by atoms with Crippen LogP contribution in [-0.2, 0) is 6.42 Å². The maximum absolute atomic E-state index is 8.64. The van der Waals surface area contributed by atoms with Gasteiger partial charge in [-0.15, -0.1) is 11.8 Å². The van der Waals surface area contributed by atoms with Crippen molar-refractivity contribution in [3.8, 4) is 6.07 Å². The molecule has 1 aliphatic rings. The van der Waals surface area contributed by atoms with E-state index in [4.69, 9.17) is 5.26 Å². The summed E-state index contributed by atoms with van der Waals surface area (Å²) >= 11 is 1.94. The SMILES string of the molecule is CN(CC#N)c1ccc2c(c1)CCCS2. The van der Waals surface area contributed by atoms with Crippen molar-refractivity contribution in [2.75, 3.05) is 24.2 Å². The van der Waals surface area contributed by atoms with Gasteiger partial charge in [-0.1, -0.05) is 0 Å². The lowest BCUT2D eigenvalue weighted by Crippen LogP contribution is -2.17. The van der Waals surface area contributed by atoms with Crippen LogP contribution < -0.4 is 4.90 Å². The first-order valence-corrected chi connectivity index (χ1v) is 6.13. The van der Waals surface area contributed by atoms with Crippen LogP contribution in [-0.4, -0.2) is 19.3 Å². The highest BCUT2D eigenvalue weighted by Gasteiger charge is 2.11. The molecule has 1 aromatic rings. The number of aryl methyl sites for hydroxylation is 1. The van der Waals surface area contributed by atoms with Crippen molar-refractivity contribution in [3.05, 3.63) is 23.8 Å². The molecule has 0 radical (unpaired) electrons. The van der Waals surface area contributed by atoms with Crippen molar-refractivity contribution in [2.24, 2.45) is 0 Å². The number of rotatable bonds is 2. The van der Waals surface area contributed by atoms with Crippen LogP contribution in [0.2, 0.25) is 0 Å². The summed E-state index contributed by atoms with van der Waals surface area (Å²) in [5.74, 6) is 1.24. The molecule has 15 heavy (non-hydrogen) atoms. The van der Waals surface area contributed by atoms with Gasteiger partial charge in [-0.05, 0) is 42.4 Å². The number of benzene rings is 1. The monoisotopic (exact) mass is 218 g/mol. The Kier molecular flexibility index (Phi) is 3.17. The maximum atomic E-state index is 8.64. The molecule has 0 aromatic heterocycles. The van der Waals surface area contributed by atoms with Gasteiger partial charge in [0.1, 0.15) is 6.54 Å². The number of nitriles is 1. The number of anilines is 1. The van der Waals surface area contributed by atoms with E-state index in [2.05, 4.69) is 24.3 Å². The second kappa shape index (κ2) is 4.59. The zero-order valence-corrected chi connectivity index (χ0v) is 9.68. The molecular weight excluding hydrogens is 204 g/mol. The minimum Gasteiger partial charge on any atom is -0.361 e. The van der Waals surface area contributed by atoms with E-state index in [1.807, 2.05) is 23.7 Å². The minimum atomic E-state index is 0.450. The predicted octanol–water partition coefficient (Wildman–Crippen LogP) is 2.68. The van der Waals surface area contributed by atoms with Crippen molar-refractivity contribution in [2.45, 2.75) is 17.7 Å². The summed E-state index contributed by atoms with van der Waals surface area (Å²) in [5.41, 5.74) is 2.59. The van der Waals surface area contributed by atoms with Crippen molar-refractivity contribution >= 4 is 17.4 Å². The van der Waals surface area contributed by atoms with Crippen molar-refractivity contribution in [1.82, 2.24) is 0 Å². The van der Waals surface area contributed by atoms with Gasteiger partial charge < -0.3 is 4.90 Å². The van der Waals surface area contributed by atoms with Crippen LogP contribution in [0.15, 0.2) is 23.1 Å². The predicted molar refractivity (Wildman–Crippen MR) is 64.4 cm³/mol. The average molecular weight is 218 g/mol. The summed E-state index contributed by atoms with van der Waals surface area (Å²) in [7, 11) is 1.96. The Morgan fingerprint density at radius 1 is 1.53 bits per heavy atom. The van der Waals surface area contributed by atoms with E-state index in [9.17, 15) is 0 Å². The first-order chi connectivity index (χ1) is 7.31. The van der Waals surface area contributed by atoms with Crippen molar-refractivity contribution < 1.29 is 0 Å². The molecule has 0 aliphatic carbocycles. The molecule has 0 amide bonds. The molecule has 0 N–H and O–H groups in total. The van der Waals surface area contributed by atoms with Gasteiger partial charge >= 0.3 is 0 Å². The van der Waals surface area contributed by atoms with E-state index in [1.165, 1.54) is 29.1 Å². The Labute approximate surface area is 94.9 Å². The van der Waals surface area contributed by atoms with Crippen molar-refractivity contribution in [3.63, 3.8) is 0 Å². The third-order valence-electron chi connectivity index (χ3n) is 2.64.